The van der Waals surface area contributed by atoms with E-state index in [0.717, 1.165) is 0 Å². The van der Waals surface area contributed by atoms with Crippen LogP contribution >= 0.6 is 22.9 Å². The summed E-state index contributed by atoms with van der Waals surface area (Å²) in [5.41, 5.74) is 1.34. The van der Waals surface area contributed by atoms with Gasteiger partial charge in [-0.3, -0.25) is 14.9 Å². The van der Waals surface area contributed by atoms with Gasteiger partial charge >= 0.3 is 0 Å². The lowest BCUT2D eigenvalue weighted by Gasteiger charge is -2.05. The lowest BCUT2D eigenvalue weighted by Crippen LogP contribution is -2.11. The van der Waals surface area contributed by atoms with E-state index in [1.165, 1.54) is 48.7 Å². The second-order valence-electron chi connectivity index (χ2n) is 5.24. The third kappa shape index (κ3) is 4.22. The zero-order valence-electron chi connectivity index (χ0n) is 13.4. The minimum Gasteiger partial charge on any atom is -0.326 e. The van der Waals surface area contributed by atoms with Crippen molar-refractivity contribution in [2.45, 2.75) is 6.92 Å². The molecule has 2 aromatic heterocycles. The van der Waals surface area contributed by atoms with E-state index in [4.69, 9.17) is 11.6 Å². The number of rotatable bonds is 4. The van der Waals surface area contributed by atoms with Gasteiger partial charge in [0.1, 0.15) is 11.0 Å². The molecule has 132 valence electrons. The molecule has 0 radical (unpaired) electrons. The van der Waals surface area contributed by atoms with E-state index >= 15 is 0 Å². The summed E-state index contributed by atoms with van der Waals surface area (Å²) in [6.45, 7) is 1.34. The quantitative estimate of drug-likeness (QED) is 0.653. The first-order chi connectivity index (χ1) is 12.4. The van der Waals surface area contributed by atoms with Crippen LogP contribution in [0, 0.1) is 5.82 Å². The van der Waals surface area contributed by atoms with Crippen molar-refractivity contribution in [3.05, 3.63) is 58.4 Å². The van der Waals surface area contributed by atoms with Crippen LogP contribution < -0.4 is 10.6 Å². The normalized spacial score (nSPS) is 10.4. The van der Waals surface area contributed by atoms with Crippen molar-refractivity contribution in [2.75, 3.05) is 10.6 Å². The Labute approximate surface area is 157 Å². The van der Waals surface area contributed by atoms with E-state index in [1.54, 1.807) is 11.4 Å². The Morgan fingerprint density at radius 2 is 2.00 bits per heavy atom. The van der Waals surface area contributed by atoms with E-state index < -0.39 is 11.7 Å². The highest BCUT2D eigenvalue weighted by atomic mass is 35.5. The molecule has 2 N–H and O–H groups in total. The molecule has 0 saturated heterocycles. The summed E-state index contributed by atoms with van der Waals surface area (Å²) in [4.78, 5) is 31.3. The van der Waals surface area contributed by atoms with Crippen LogP contribution in [0.25, 0.3) is 11.3 Å². The van der Waals surface area contributed by atoms with Gasteiger partial charge in [0.05, 0.1) is 5.69 Å². The van der Waals surface area contributed by atoms with E-state index in [1.807, 2.05) is 0 Å². The molecule has 0 spiro atoms. The first-order valence-electron chi connectivity index (χ1n) is 7.38. The fourth-order valence-electron chi connectivity index (χ4n) is 2.17. The fourth-order valence-corrected chi connectivity index (χ4v) is 3.05. The highest BCUT2D eigenvalue weighted by Crippen LogP contribution is 2.29. The van der Waals surface area contributed by atoms with Crippen LogP contribution in [0.15, 0.2) is 41.9 Å². The van der Waals surface area contributed by atoms with Crippen LogP contribution in [0.5, 0.6) is 0 Å². The molecular formula is C17H12ClFN4O2S. The molecule has 0 bridgehead atoms. The average Bonchev–Trinajstić information content (AvgIpc) is 3.02. The van der Waals surface area contributed by atoms with Crippen molar-refractivity contribution in [2.24, 2.45) is 0 Å². The van der Waals surface area contributed by atoms with E-state index in [0.29, 0.717) is 22.1 Å². The van der Waals surface area contributed by atoms with Crippen LogP contribution in [-0.4, -0.2) is 21.8 Å². The van der Waals surface area contributed by atoms with Gasteiger partial charge in [0.15, 0.2) is 5.13 Å². The molecule has 3 aromatic rings. The maximum Gasteiger partial charge on any atom is 0.257 e. The molecule has 26 heavy (non-hydrogen) atoms. The second kappa shape index (κ2) is 7.59. The first-order valence-corrected chi connectivity index (χ1v) is 8.64. The zero-order chi connectivity index (χ0) is 18.7. The molecule has 0 fully saturated rings. The van der Waals surface area contributed by atoms with Gasteiger partial charge in [0.2, 0.25) is 5.91 Å². The molecule has 0 aliphatic rings. The fraction of sp³-hybridized carbons (Fsp3) is 0.0588. The Morgan fingerprint density at radius 3 is 2.69 bits per heavy atom. The average molecular weight is 391 g/mol. The van der Waals surface area contributed by atoms with E-state index in [-0.39, 0.29) is 16.6 Å². The summed E-state index contributed by atoms with van der Waals surface area (Å²) in [5, 5.41) is 7.30. The van der Waals surface area contributed by atoms with Gasteiger partial charge in [-0.2, -0.15) is 0 Å². The monoisotopic (exact) mass is 390 g/mol. The summed E-state index contributed by atoms with van der Waals surface area (Å²) in [5.74, 6) is -1.20. The van der Waals surface area contributed by atoms with Crippen molar-refractivity contribution in [3.63, 3.8) is 0 Å². The van der Waals surface area contributed by atoms with Crippen molar-refractivity contribution < 1.29 is 14.0 Å². The molecule has 1 aromatic carbocycles. The first kappa shape index (κ1) is 18.0. The lowest BCUT2D eigenvalue weighted by atomic mass is 10.1. The molecule has 3 rings (SSSR count). The summed E-state index contributed by atoms with van der Waals surface area (Å²) in [7, 11) is 0. The van der Waals surface area contributed by atoms with Crippen molar-refractivity contribution in [1.29, 1.82) is 0 Å². The summed E-state index contributed by atoms with van der Waals surface area (Å²) in [6, 6.07) is 7.27. The van der Waals surface area contributed by atoms with E-state index in [9.17, 15) is 14.0 Å². The minimum absolute atomic E-state index is 0.207. The third-order valence-electron chi connectivity index (χ3n) is 3.28. The number of hydrogen-bond donors (Lipinski definition) is 2. The molecule has 2 amide bonds. The molecule has 9 heteroatoms. The van der Waals surface area contributed by atoms with Gasteiger partial charge in [-0.25, -0.2) is 14.4 Å². The predicted molar refractivity (Wildman–Crippen MR) is 99.0 cm³/mol. The lowest BCUT2D eigenvalue weighted by molar-refractivity contribution is -0.114. The number of thiazole rings is 1. The van der Waals surface area contributed by atoms with Crippen LogP contribution in [0.1, 0.15) is 17.3 Å². The van der Waals surface area contributed by atoms with Gasteiger partial charge < -0.3 is 5.32 Å². The number of halogens is 2. The van der Waals surface area contributed by atoms with Crippen molar-refractivity contribution in [3.8, 4) is 11.3 Å². The van der Waals surface area contributed by atoms with Crippen LogP contribution in [0.3, 0.4) is 0 Å². The maximum absolute atomic E-state index is 14.3. The van der Waals surface area contributed by atoms with Crippen molar-refractivity contribution in [1.82, 2.24) is 9.97 Å². The number of nitrogens with zero attached hydrogens (tertiary/aromatic N) is 2. The van der Waals surface area contributed by atoms with Gasteiger partial charge in [-0.1, -0.05) is 11.6 Å². The SMILES string of the molecule is CC(=O)Nc1ccc(-c2csc(NC(=O)c3ccnc(Cl)c3)n2)c(F)c1. The summed E-state index contributed by atoms with van der Waals surface area (Å²) >= 11 is 6.93. The highest BCUT2D eigenvalue weighted by molar-refractivity contribution is 7.14. The molecule has 0 atom stereocenters. The largest absolute Gasteiger partial charge is 0.326 e. The number of pyridine rings is 1. The number of anilines is 2. The Balaban J connectivity index is 1.77. The number of carbonyl (C=O) groups excluding carboxylic acids is 2. The predicted octanol–water partition coefficient (Wildman–Crippen LogP) is 4.21. The zero-order valence-corrected chi connectivity index (χ0v) is 15.0. The molecule has 0 aliphatic heterocycles. The molecule has 0 aliphatic carbocycles. The Bertz CT molecular complexity index is 992. The van der Waals surface area contributed by atoms with Gasteiger partial charge in [-0.05, 0) is 30.3 Å². The summed E-state index contributed by atoms with van der Waals surface area (Å²) < 4.78 is 14.3. The number of amides is 2. The molecular weight excluding hydrogens is 379 g/mol. The summed E-state index contributed by atoms with van der Waals surface area (Å²) in [6.07, 6.45) is 1.43. The number of carbonyl (C=O) groups is 2. The van der Waals surface area contributed by atoms with Crippen LogP contribution in [0.2, 0.25) is 5.15 Å². The van der Waals surface area contributed by atoms with E-state index in [2.05, 4.69) is 20.6 Å². The van der Waals surface area contributed by atoms with Gasteiger partial charge in [0, 0.05) is 35.3 Å². The van der Waals surface area contributed by atoms with Gasteiger partial charge in [0.25, 0.3) is 5.91 Å². The Kier molecular flexibility index (Phi) is 5.24. The number of nitrogens with one attached hydrogen (secondary N) is 2. The Hall–Kier alpha value is -2.84. The standard InChI is InChI=1S/C17H12ClFN4O2S/c1-9(24)21-11-2-3-12(13(19)7-11)14-8-26-17(22-14)23-16(25)10-4-5-20-15(18)6-10/h2-8H,1H3,(H,21,24)(H,22,23,25). The van der Waals surface area contributed by atoms with Crippen molar-refractivity contribution >= 4 is 45.6 Å². The maximum atomic E-state index is 14.3. The Morgan fingerprint density at radius 1 is 1.19 bits per heavy atom. The van der Waals surface area contributed by atoms with Crippen LogP contribution in [0.4, 0.5) is 15.2 Å². The molecule has 6 nitrogen and oxygen atoms in total. The smallest absolute Gasteiger partial charge is 0.257 e. The minimum atomic E-state index is -0.527. The van der Waals surface area contributed by atoms with Crippen LogP contribution in [-0.2, 0) is 4.79 Å². The molecule has 0 unspecified atom stereocenters. The number of benzene rings is 1. The third-order valence-corrected chi connectivity index (χ3v) is 4.24. The number of aromatic nitrogens is 2. The van der Waals surface area contributed by atoms with Gasteiger partial charge in [-0.15, -0.1) is 11.3 Å². The topological polar surface area (TPSA) is 84.0 Å². The molecule has 0 saturated carbocycles. The number of hydrogen-bond acceptors (Lipinski definition) is 5. The molecule has 2 heterocycles. The second-order valence-corrected chi connectivity index (χ2v) is 6.48. The highest BCUT2D eigenvalue weighted by Gasteiger charge is 2.13.